The number of aliphatic hydroxyl groups is 1. The van der Waals surface area contributed by atoms with Crippen LogP contribution in [0.2, 0.25) is 0 Å². The third-order valence-electron chi connectivity index (χ3n) is 2.72. The molecule has 1 fully saturated rings. The average molecular weight is 307 g/mol. The second-order valence-electron chi connectivity index (χ2n) is 4.28. The Morgan fingerprint density at radius 3 is 2.90 bits per heavy atom. The molecule has 112 valence electrons. The highest BCUT2D eigenvalue weighted by Gasteiger charge is 2.37. The highest BCUT2D eigenvalue weighted by molar-refractivity contribution is 7.46. The lowest BCUT2D eigenvalue weighted by molar-refractivity contribution is -0.0524. The minimum atomic E-state index is -4.60. The second kappa shape index (κ2) is 5.60. The molecule has 0 bridgehead atoms. The van der Waals surface area contributed by atoms with Gasteiger partial charge in [0, 0.05) is 12.6 Å². The standard InChI is InChI=1S/C9H14N3O7P/c10-7-1-2-12(9(14)11-7)8-6(13)3-5(19-8)4-18-20(15,16)17/h1-2,5-6,8,13H,3-4H2,(H2,10,11,14)(H2,15,16,17). The summed E-state index contributed by atoms with van der Waals surface area (Å²) in [5.41, 5.74) is 4.66. The quantitative estimate of drug-likeness (QED) is 0.490. The van der Waals surface area contributed by atoms with E-state index in [0.717, 1.165) is 4.57 Å². The summed E-state index contributed by atoms with van der Waals surface area (Å²) in [6, 6.07) is 1.37. The van der Waals surface area contributed by atoms with Crippen molar-refractivity contribution in [2.45, 2.75) is 24.9 Å². The van der Waals surface area contributed by atoms with Crippen LogP contribution in [0.4, 0.5) is 5.82 Å². The van der Waals surface area contributed by atoms with Crippen LogP contribution < -0.4 is 11.4 Å². The van der Waals surface area contributed by atoms with Crippen LogP contribution in [0.25, 0.3) is 0 Å². The molecule has 0 spiro atoms. The molecular formula is C9H14N3O7P. The molecule has 0 saturated carbocycles. The van der Waals surface area contributed by atoms with E-state index in [2.05, 4.69) is 9.51 Å². The van der Waals surface area contributed by atoms with Crippen LogP contribution in [-0.4, -0.2) is 43.3 Å². The van der Waals surface area contributed by atoms with Crippen molar-refractivity contribution in [3.8, 4) is 0 Å². The smallest absolute Gasteiger partial charge is 0.388 e. The van der Waals surface area contributed by atoms with Crippen molar-refractivity contribution in [2.24, 2.45) is 0 Å². The summed E-state index contributed by atoms with van der Waals surface area (Å²) in [5.74, 6) is 0.0418. The number of ether oxygens (including phenoxy) is 1. The highest BCUT2D eigenvalue weighted by Crippen LogP contribution is 2.38. The zero-order valence-electron chi connectivity index (χ0n) is 10.2. The Balaban J connectivity index is 2.07. The number of aromatic nitrogens is 2. The number of phosphoric ester groups is 1. The van der Waals surface area contributed by atoms with E-state index >= 15 is 0 Å². The highest BCUT2D eigenvalue weighted by atomic mass is 31.2. The van der Waals surface area contributed by atoms with E-state index in [4.69, 9.17) is 20.3 Å². The minimum absolute atomic E-state index is 0.0418. The van der Waals surface area contributed by atoms with E-state index in [0.29, 0.717) is 0 Å². The summed E-state index contributed by atoms with van der Waals surface area (Å²) < 4.78 is 21.3. The molecule has 0 aliphatic carbocycles. The fourth-order valence-electron chi connectivity index (χ4n) is 1.89. The van der Waals surface area contributed by atoms with Crippen molar-refractivity contribution < 1.29 is 28.7 Å². The van der Waals surface area contributed by atoms with Crippen molar-refractivity contribution in [2.75, 3.05) is 12.3 Å². The molecule has 1 aromatic rings. The lowest BCUT2D eigenvalue weighted by Gasteiger charge is -2.17. The van der Waals surface area contributed by atoms with Gasteiger partial charge < -0.3 is 25.4 Å². The largest absolute Gasteiger partial charge is 0.469 e. The van der Waals surface area contributed by atoms with Gasteiger partial charge in [-0.3, -0.25) is 9.09 Å². The Kier molecular flexibility index (Phi) is 4.23. The Morgan fingerprint density at radius 1 is 1.60 bits per heavy atom. The van der Waals surface area contributed by atoms with Gasteiger partial charge in [-0.15, -0.1) is 0 Å². The minimum Gasteiger partial charge on any atom is -0.388 e. The van der Waals surface area contributed by atoms with Crippen LogP contribution in [0, 0.1) is 0 Å². The van der Waals surface area contributed by atoms with Crippen LogP contribution in [0.3, 0.4) is 0 Å². The van der Waals surface area contributed by atoms with Crippen LogP contribution in [-0.2, 0) is 13.8 Å². The summed E-state index contributed by atoms with van der Waals surface area (Å²) in [5, 5.41) is 9.84. The fourth-order valence-corrected chi connectivity index (χ4v) is 2.25. The molecule has 11 heteroatoms. The van der Waals surface area contributed by atoms with Crippen molar-refractivity contribution in [3.63, 3.8) is 0 Å². The summed E-state index contributed by atoms with van der Waals surface area (Å²) >= 11 is 0. The molecule has 2 heterocycles. The van der Waals surface area contributed by atoms with Crippen molar-refractivity contribution in [1.29, 1.82) is 0 Å². The van der Waals surface area contributed by atoms with Gasteiger partial charge in [-0.25, -0.2) is 9.36 Å². The molecule has 5 N–H and O–H groups in total. The molecule has 0 aromatic carbocycles. The van der Waals surface area contributed by atoms with Gasteiger partial charge in [-0.2, -0.15) is 4.98 Å². The molecule has 1 aromatic heterocycles. The van der Waals surface area contributed by atoms with Crippen LogP contribution >= 0.6 is 7.82 Å². The maximum absolute atomic E-state index is 11.6. The molecule has 3 atom stereocenters. The zero-order chi connectivity index (χ0) is 14.9. The van der Waals surface area contributed by atoms with Gasteiger partial charge in [0.1, 0.15) is 11.9 Å². The van der Waals surface area contributed by atoms with Gasteiger partial charge in [0.15, 0.2) is 6.23 Å². The number of rotatable bonds is 4. The topological polar surface area (TPSA) is 157 Å². The number of nitrogens with zero attached hydrogens (tertiary/aromatic N) is 2. The van der Waals surface area contributed by atoms with Gasteiger partial charge in [-0.05, 0) is 6.07 Å². The lowest BCUT2D eigenvalue weighted by atomic mass is 10.2. The zero-order valence-corrected chi connectivity index (χ0v) is 11.1. The van der Waals surface area contributed by atoms with E-state index in [9.17, 15) is 14.5 Å². The van der Waals surface area contributed by atoms with Gasteiger partial charge in [-0.1, -0.05) is 0 Å². The van der Waals surface area contributed by atoms with Crippen molar-refractivity contribution in [1.82, 2.24) is 9.55 Å². The number of phosphoric acid groups is 1. The number of nitrogen functional groups attached to an aromatic ring is 1. The van der Waals surface area contributed by atoms with Gasteiger partial charge in [0.05, 0.1) is 12.7 Å². The van der Waals surface area contributed by atoms with Crippen molar-refractivity contribution >= 4 is 13.6 Å². The number of aliphatic hydroxyl groups excluding tert-OH is 1. The van der Waals surface area contributed by atoms with Crippen LogP contribution in [0.1, 0.15) is 12.6 Å². The Hall–Kier alpha value is -1.29. The fraction of sp³-hybridized carbons (Fsp3) is 0.556. The number of hydrogen-bond donors (Lipinski definition) is 4. The van der Waals surface area contributed by atoms with E-state index in [1.54, 1.807) is 0 Å². The van der Waals surface area contributed by atoms with Crippen LogP contribution in [0.5, 0.6) is 0 Å². The van der Waals surface area contributed by atoms with Crippen LogP contribution in [0.15, 0.2) is 17.1 Å². The summed E-state index contributed by atoms with van der Waals surface area (Å²) in [6.07, 6.45) is -1.37. The van der Waals surface area contributed by atoms with Gasteiger partial charge in [0.25, 0.3) is 0 Å². The normalized spacial score (nSPS) is 26.9. The lowest BCUT2D eigenvalue weighted by Crippen LogP contribution is -2.31. The third kappa shape index (κ3) is 3.63. The number of nitrogens with two attached hydrogens (primary N) is 1. The predicted molar refractivity (Wildman–Crippen MR) is 65.4 cm³/mol. The number of hydrogen-bond acceptors (Lipinski definition) is 7. The van der Waals surface area contributed by atoms with Gasteiger partial charge in [0.2, 0.25) is 0 Å². The van der Waals surface area contributed by atoms with E-state index in [1.165, 1.54) is 12.3 Å². The maximum atomic E-state index is 11.6. The molecular weight excluding hydrogens is 293 g/mol. The third-order valence-corrected chi connectivity index (χ3v) is 3.21. The molecule has 1 aliphatic heterocycles. The molecule has 10 nitrogen and oxygen atoms in total. The van der Waals surface area contributed by atoms with Gasteiger partial charge >= 0.3 is 13.5 Å². The van der Waals surface area contributed by atoms with Crippen molar-refractivity contribution in [3.05, 3.63) is 22.7 Å². The molecule has 1 saturated heterocycles. The first-order chi connectivity index (χ1) is 9.26. The SMILES string of the molecule is Nc1ccn(C2OC(COP(=O)(O)O)CC2O)c(=O)n1. The molecule has 0 radical (unpaired) electrons. The average Bonchev–Trinajstić information content (AvgIpc) is 2.67. The monoisotopic (exact) mass is 307 g/mol. The van der Waals surface area contributed by atoms with E-state index in [-0.39, 0.29) is 12.2 Å². The molecule has 1 aliphatic rings. The van der Waals surface area contributed by atoms with E-state index in [1.807, 2.05) is 0 Å². The maximum Gasteiger partial charge on any atom is 0.469 e. The van der Waals surface area contributed by atoms with E-state index < -0.39 is 38.6 Å². The Morgan fingerprint density at radius 2 is 2.30 bits per heavy atom. The predicted octanol–water partition coefficient (Wildman–Crippen LogP) is -1.42. The second-order valence-corrected chi connectivity index (χ2v) is 5.52. The number of anilines is 1. The molecule has 2 rings (SSSR count). The molecule has 20 heavy (non-hydrogen) atoms. The Bertz CT molecular complexity index is 585. The first kappa shape index (κ1) is 15.1. The first-order valence-corrected chi connectivity index (χ1v) is 7.17. The summed E-state index contributed by atoms with van der Waals surface area (Å²) in [6.45, 7) is -0.394. The molecule has 0 amide bonds. The summed E-state index contributed by atoms with van der Waals surface area (Å²) in [7, 11) is -4.60. The Labute approximate surface area is 113 Å². The molecule has 3 unspecified atom stereocenters. The summed E-state index contributed by atoms with van der Waals surface area (Å²) in [4.78, 5) is 32.3. The first-order valence-electron chi connectivity index (χ1n) is 5.64.